The van der Waals surface area contributed by atoms with Gasteiger partial charge < -0.3 is 19.5 Å². The molecule has 7 nitrogen and oxygen atoms in total. The maximum absolute atomic E-state index is 12.2. The maximum Gasteiger partial charge on any atom is 0.306 e. The highest BCUT2D eigenvalue weighted by atomic mass is 32.1. The lowest BCUT2D eigenvalue weighted by molar-refractivity contribution is -0.142. The molecule has 0 atom stereocenters. The van der Waals surface area contributed by atoms with Crippen LogP contribution < -0.4 is 14.8 Å². The van der Waals surface area contributed by atoms with E-state index in [1.54, 1.807) is 26.4 Å². The molecule has 0 radical (unpaired) electrons. The second kappa shape index (κ2) is 11.2. The number of carbonyl (C=O) groups is 3. The molecule has 1 aromatic carbocycles. The Bertz CT molecular complexity index is 861. The SMILES string of the molecule is COc1ccc(CCC(=O)OCC(=O)c2ccc(CCNC(C)=O)s2)cc1OC. The fourth-order valence-corrected chi connectivity index (χ4v) is 3.53. The van der Waals surface area contributed by atoms with E-state index in [9.17, 15) is 14.4 Å². The second-order valence-corrected chi connectivity index (χ2v) is 7.44. The van der Waals surface area contributed by atoms with Crippen LogP contribution in [0.25, 0.3) is 0 Å². The number of rotatable bonds is 11. The van der Waals surface area contributed by atoms with Crippen molar-refractivity contribution in [2.45, 2.75) is 26.2 Å². The second-order valence-electron chi connectivity index (χ2n) is 6.27. The summed E-state index contributed by atoms with van der Waals surface area (Å²) in [6.07, 6.45) is 1.29. The average Bonchev–Trinajstić information content (AvgIpc) is 3.18. The minimum Gasteiger partial charge on any atom is -0.493 e. The molecule has 0 fully saturated rings. The number of thiophene rings is 1. The van der Waals surface area contributed by atoms with E-state index in [-0.39, 0.29) is 24.7 Å². The van der Waals surface area contributed by atoms with Crippen LogP contribution in [0.3, 0.4) is 0 Å². The molecule has 1 amide bonds. The van der Waals surface area contributed by atoms with Gasteiger partial charge in [-0.25, -0.2) is 0 Å². The zero-order valence-electron chi connectivity index (χ0n) is 16.8. The number of ketones is 1. The van der Waals surface area contributed by atoms with Gasteiger partial charge >= 0.3 is 5.97 Å². The zero-order valence-corrected chi connectivity index (χ0v) is 17.6. The molecule has 2 aromatic rings. The first-order valence-electron chi connectivity index (χ1n) is 9.15. The minimum atomic E-state index is -0.435. The number of nitrogens with one attached hydrogen (secondary N) is 1. The van der Waals surface area contributed by atoms with Gasteiger partial charge in [-0.15, -0.1) is 11.3 Å². The topological polar surface area (TPSA) is 90.9 Å². The smallest absolute Gasteiger partial charge is 0.306 e. The molecule has 0 saturated heterocycles. The quantitative estimate of drug-likeness (QED) is 0.445. The van der Waals surface area contributed by atoms with Crippen molar-refractivity contribution in [2.24, 2.45) is 0 Å². The molecule has 0 aliphatic rings. The van der Waals surface area contributed by atoms with Crippen LogP contribution in [-0.4, -0.2) is 45.0 Å². The summed E-state index contributed by atoms with van der Waals surface area (Å²) < 4.78 is 15.5. The first-order chi connectivity index (χ1) is 13.9. The van der Waals surface area contributed by atoms with E-state index in [4.69, 9.17) is 14.2 Å². The van der Waals surface area contributed by atoms with Crippen LogP contribution in [0.1, 0.15) is 33.5 Å². The Balaban J connectivity index is 1.77. The van der Waals surface area contributed by atoms with Gasteiger partial charge in [-0.2, -0.15) is 0 Å². The zero-order chi connectivity index (χ0) is 21.2. The summed E-state index contributed by atoms with van der Waals surface area (Å²) in [7, 11) is 3.11. The lowest BCUT2D eigenvalue weighted by atomic mass is 10.1. The van der Waals surface area contributed by atoms with E-state index in [0.29, 0.717) is 35.8 Å². The molecule has 2 rings (SSSR count). The highest BCUT2D eigenvalue weighted by Crippen LogP contribution is 2.28. The van der Waals surface area contributed by atoms with Crippen molar-refractivity contribution in [2.75, 3.05) is 27.4 Å². The lowest BCUT2D eigenvalue weighted by Gasteiger charge is -2.09. The van der Waals surface area contributed by atoms with E-state index >= 15 is 0 Å². The van der Waals surface area contributed by atoms with Crippen LogP contribution in [0, 0.1) is 0 Å². The normalized spacial score (nSPS) is 10.3. The average molecular weight is 419 g/mol. The first-order valence-corrected chi connectivity index (χ1v) is 9.97. The van der Waals surface area contributed by atoms with Gasteiger partial charge in [0.25, 0.3) is 0 Å². The van der Waals surface area contributed by atoms with Crippen molar-refractivity contribution < 1.29 is 28.6 Å². The van der Waals surface area contributed by atoms with Gasteiger partial charge in [-0.3, -0.25) is 14.4 Å². The largest absolute Gasteiger partial charge is 0.493 e. The summed E-state index contributed by atoms with van der Waals surface area (Å²) in [5.74, 6) is 0.464. The first kappa shape index (κ1) is 22.4. The summed E-state index contributed by atoms with van der Waals surface area (Å²) in [5, 5.41) is 2.71. The van der Waals surface area contributed by atoms with Crippen molar-refractivity contribution in [1.29, 1.82) is 0 Å². The molecule has 0 saturated carbocycles. The minimum absolute atomic E-state index is 0.0853. The van der Waals surface area contributed by atoms with E-state index in [1.165, 1.54) is 18.3 Å². The van der Waals surface area contributed by atoms with Crippen molar-refractivity contribution >= 4 is 29.0 Å². The van der Waals surface area contributed by atoms with E-state index in [1.807, 2.05) is 18.2 Å². The molecule has 1 N–H and O–H groups in total. The van der Waals surface area contributed by atoms with Crippen molar-refractivity contribution in [3.8, 4) is 11.5 Å². The maximum atomic E-state index is 12.2. The Labute approximate surface area is 174 Å². The van der Waals surface area contributed by atoms with Crippen LogP contribution in [-0.2, 0) is 27.2 Å². The van der Waals surface area contributed by atoms with Gasteiger partial charge in [0.2, 0.25) is 11.7 Å². The molecule has 1 aromatic heterocycles. The Kier molecular flexibility index (Phi) is 8.67. The molecule has 8 heteroatoms. The van der Waals surface area contributed by atoms with Crippen LogP contribution >= 0.6 is 11.3 Å². The summed E-state index contributed by atoms with van der Waals surface area (Å²) in [6, 6.07) is 9.01. The molecule has 29 heavy (non-hydrogen) atoms. The Morgan fingerprint density at radius 2 is 1.76 bits per heavy atom. The van der Waals surface area contributed by atoms with Crippen LogP contribution in [0.4, 0.5) is 0 Å². The van der Waals surface area contributed by atoms with Crippen molar-refractivity contribution in [3.63, 3.8) is 0 Å². The molecule has 0 spiro atoms. The molecule has 0 bridgehead atoms. The van der Waals surface area contributed by atoms with Crippen molar-refractivity contribution in [3.05, 3.63) is 45.6 Å². The molecule has 156 valence electrons. The van der Waals surface area contributed by atoms with Gasteiger partial charge in [-0.1, -0.05) is 6.07 Å². The molecule has 0 aliphatic heterocycles. The van der Waals surface area contributed by atoms with Gasteiger partial charge in [0.05, 0.1) is 19.1 Å². The van der Waals surface area contributed by atoms with Crippen LogP contribution in [0.5, 0.6) is 11.5 Å². The molecule has 1 heterocycles. The monoisotopic (exact) mass is 419 g/mol. The number of carbonyl (C=O) groups excluding carboxylic acids is 3. The van der Waals surface area contributed by atoms with Gasteiger partial charge in [-0.05, 0) is 42.7 Å². The molecular weight excluding hydrogens is 394 g/mol. The Hall–Kier alpha value is -2.87. The lowest BCUT2D eigenvalue weighted by Crippen LogP contribution is -2.22. The number of benzene rings is 1. The number of aryl methyl sites for hydroxylation is 1. The van der Waals surface area contributed by atoms with Crippen molar-refractivity contribution in [1.82, 2.24) is 5.32 Å². The molecule has 0 unspecified atom stereocenters. The number of methoxy groups -OCH3 is 2. The fraction of sp³-hybridized carbons (Fsp3) is 0.381. The third-order valence-electron chi connectivity index (χ3n) is 4.11. The third kappa shape index (κ3) is 7.23. The molecular formula is C21H25NO6S. The highest BCUT2D eigenvalue weighted by molar-refractivity contribution is 7.14. The highest BCUT2D eigenvalue weighted by Gasteiger charge is 2.13. The summed E-state index contributed by atoms with van der Waals surface area (Å²) in [5.41, 5.74) is 0.910. The number of esters is 1. The number of hydrogen-bond donors (Lipinski definition) is 1. The van der Waals surface area contributed by atoms with Crippen LogP contribution in [0.15, 0.2) is 30.3 Å². The fourth-order valence-electron chi connectivity index (χ4n) is 2.60. The third-order valence-corrected chi connectivity index (χ3v) is 5.30. The number of hydrogen-bond acceptors (Lipinski definition) is 7. The van der Waals surface area contributed by atoms with E-state index in [0.717, 1.165) is 10.4 Å². The number of ether oxygens (including phenoxy) is 3. The van der Waals surface area contributed by atoms with Crippen LogP contribution in [0.2, 0.25) is 0 Å². The summed E-state index contributed by atoms with van der Waals surface area (Å²) in [4.78, 5) is 36.6. The van der Waals surface area contributed by atoms with Gasteiger partial charge in [0, 0.05) is 24.8 Å². The van der Waals surface area contributed by atoms with Gasteiger partial charge in [0.15, 0.2) is 18.1 Å². The number of amides is 1. The van der Waals surface area contributed by atoms with Gasteiger partial charge in [0.1, 0.15) is 0 Å². The predicted octanol–water partition coefficient (Wildman–Crippen LogP) is 2.80. The Morgan fingerprint density at radius 3 is 2.45 bits per heavy atom. The standard InChI is InChI=1S/C21H25NO6S/c1-14(23)22-11-10-16-6-8-20(29-16)17(24)13-28-21(25)9-5-15-4-7-18(26-2)19(12-15)27-3/h4,6-8,12H,5,9-11,13H2,1-3H3,(H,22,23). The van der Waals surface area contributed by atoms with E-state index < -0.39 is 5.97 Å². The predicted molar refractivity (Wildman–Crippen MR) is 110 cm³/mol. The molecule has 0 aliphatic carbocycles. The Morgan fingerprint density at radius 1 is 1.00 bits per heavy atom. The van der Waals surface area contributed by atoms with E-state index in [2.05, 4.69) is 5.32 Å². The number of Topliss-reactive ketones (excluding diaryl/α,β-unsaturated/α-hetero) is 1. The summed E-state index contributed by atoms with van der Waals surface area (Å²) >= 11 is 1.34. The summed E-state index contributed by atoms with van der Waals surface area (Å²) in [6.45, 7) is 1.70.